The number of hydrogen-bond acceptors (Lipinski definition) is 3. The second kappa shape index (κ2) is 5.37. The summed E-state index contributed by atoms with van der Waals surface area (Å²) in [4.78, 5) is 14.7. The summed E-state index contributed by atoms with van der Waals surface area (Å²) in [6.45, 7) is 4.21. The van der Waals surface area contributed by atoms with Crippen molar-refractivity contribution in [1.82, 2.24) is 0 Å². The molecule has 0 fully saturated rings. The van der Waals surface area contributed by atoms with Crippen LogP contribution >= 0.6 is 23.1 Å². The Hall–Kier alpha value is -0.280. The molecule has 1 aromatic heterocycles. The summed E-state index contributed by atoms with van der Waals surface area (Å²) >= 11 is 3.72. The van der Waals surface area contributed by atoms with E-state index in [9.17, 15) is 4.79 Å². The van der Waals surface area contributed by atoms with Crippen molar-refractivity contribution in [1.29, 1.82) is 0 Å². The largest absolute Gasteiger partial charge is 0.293 e. The van der Waals surface area contributed by atoms with Gasteiger partial charge in [0.2, 0.25) is 0 Å². The Balaban J connectivity index is 2.20. The first-order chi connectivity index (χ1) is 7.76. The van der Waals surface area contributed by atoms with Gasteiger partial charge in [-0.05, 0) is 36.6 Å². The molecule has 0 N–H and O–H groups in total. The molecule has 1 aliphatic rings. The molecule has 1 aliphatic heterocycles. The van der Waals surface area contributed by atoms with E-state index in [0.29, 0.717) is 5.78 Å². The molecule has 0 saturated heterocycles. The van der Waals surface area contributed by atoms with E-state index in [1.165, 1.54) is 16.2 Å². The van der Waals surface area contributed by atoms with Gasteiger partial charge >= 0.3 is 0 Å². The molecule has 3 heteroatoms. The average molecular weight is 254 g/mol. The lowest BCUT2D eigenvalue weighted by Crippen LogP contribution is -2.11. The van der Waals surface area contributed by atoms with Crippen LogP contribution in [0.25, 0.3) is 0 Å². The molecule has 0 aliphatic carbocycles. The summed E-state index contributed by atoms with van der Waals surface area (Å²) in [6.07, 6.45) is 3.08. The van der Waals surface area contributed by atoms with E-state index in [1.807, 2.05) is 11.8 Å². The Morgan fingerprint density at radius 2 is 2.19 bits per heavy atom. The number of rotatable bonds is 4. The van der Waals surface area contributed by atoms with E-state index >= 15 is 0 Å². The molecule has 0 amide bonds. The second-order valence-electron chi connectivity index (χ2n) is 4.24. The fourth-order valence-electron chi connectivity index (χ4n) is 2.13. The van der Waals surface area contributed by atoms with Crippen molar-refractivity contribution in [3.63, 3.8) is 0 Å². The second-order valence-corrected chi connectivity index (χ2v) is 6.48. The molecule has 0 saturated carbocycles. The van der Waals surface area contributed by atoms with Crippen LogP contribution in [0.4, 0.5) is 0 Å². The highest BCUT2D eigenvalue weighted by atomic mass is 32.2. The van der Waals surface area contributed by atoms with Crippen LogP contribution in [0.1, 0.15) is 46.8 Å². The number of aryl methyl sites for hydroxylation is 1. The van der Waals surface area contributed by atoms with Crippen molar-refractivity contribution in [2.45, 2.75) is 38.9 Å². The minimum Gasteiger partial charge on any atom is -0.293 e. The molecule has 0 bridgehead atoms. The predicted molar refractivity (Wildman–Crippen MR) is 72.6 cm³/mol. The number of thioether (sulfide) groups is 1. The van der Waals surface area contributed by atoms with Gasteiger partial charge in [-0.2, -0.15) is 11.8 Å². The molecule has 2 rings (SSSR count). The fraction of sp³-hybridized carbons (Fsp3) is 0.615. The van der Waals surface area contributed by atoms with E-state index in [1.54, 1.807) is 11.3 Å². The third-order valence-electron chi connectivity index (χ3n) is 3.23. The Morgan fingerprint density at radius 3 is 2.81 bits per heavy atom. The Labute approximate surface area is 106 Å². The summed E-state index contributed by atoms with van der Waals surface area (Å²) in [6, 6.07) is 2.15. The van der Waals surface area contributed by atoms with E-state index in [4.69, 9.17) is 0 Å². The summed E-state index contributed by atoms with van der Waals surface area (Å²) < 4.78 is 0. The lowest BCUT2D eigenvalue weighted by molar-refractivity contribution is 0.0917. The summed E-state index contributed by atoms with van der Waals surface area (Å²) in [5.74, 6) is 2.91. The Bertz CT molecular complexity index is 354. The molecule has 0 aromatic carbocycles. The number of fused-ring (bicyclic) bond motifs is 1. The van der Waals surface area contributed by atoms with Crippen LogP contribution < -0.4 is 0 Å². The van der Waals surface area contributed by atoms with Crippen LogP contribution in [-0.4, -0.2) is 11.5 Å². The van der Waals surface area contributed by atoms with Crippen LogP contribution in [0.15, 0.2) is 6.07 Å². The summed E-state index contributed by atoms with van der Waals surface area (Å²) in [5.41, 5.74) is 1.41. The van der Waals surface area contributed by atoms with Crippen LogP contribution in [-0.2, 0) is 12.2 Å². The average Bonchev–Trinajstić information content (AvgIpc) is 2.74. The maximum atomic E-state index is 12.2. The minimum atomic E-state index is 0.229. The first kappa shape index (κ1) is 12.2. The lowest BCUT2D eigenvalue weighted by Gasteiger charge is -2.08. The Morgan fingerprint density at radius 1 is 1.44 bits per heavy atom. The zero-order chi connectivity index (χ0) is 11.5. The first-order valence-electron chi connectivity index (χ1n) is 5.99. The highest BCUT2D eigenvalue weighted by Gasteiger charge is 2.21. The van der Waals surface area contributed by atoms with Gasteiger partial charge < -0.3 is 0 Å². The molecule has 2 heterocycles. The third kappa shape index (κ3) is 2.35. The van der Waals surface area contributed by atoms with Gasteiger partial charge in [0, 0.05) is 16.5 Å². The van der Waals surface area contributed by atoms with Crippen LogP contribution in [0.5, 0.6) is 0 Å². The van der Waals surface area contributed by atoms with Gasteiger partial charge in [-0.15, -0.1) is 11.3 Å². The molecule has 16 heavy (non-hydrogen) atoms. The topological polar surface area (TPSA) is 17.1 Å². The normalized spacial score (nSPS) is 15.2. The van der Waals surface area contributed by atoms with Crippen molar-refractivity contribution >= 4 is 28.9 Å². The molecule has 1 nitrogen and oxygen atoms in total. The SMILES string of the molecule is CCC(CC)C(=O)c1cc2c(s1)CCSC2. The molecule has 0 atom stereocenters. The molecule has 88 valence electrons. The van der Waals surface area contributed by atoms with E-state index in [-0.39, 0.29) is 5.92 Å². The fourth-order valence-corrected chi connectivity index (χ4v) is 4.52. The van der Waals surface area contributed by atoms with Crippen molar-refractivity contribution in [2.75, 3.05) is 5.75 Å². The van der Waals surface area contributed by atoms with Gasteiger partial charge in [-0.3, -0.25) is 4.79 Å². The zero-order valence-corrected chi connectivity index (χ0v) is 11.5. The quantitative estimate of drug-likeness (QED) is 0.751. The number of Topliss-reactive ketones (excluding diaryl/α,β-unsaturated/α-hetero) is 1. The maximum Gasteiger partial charge on any atom is 0.175 e. The number of carbonyl (C=O) groups excluding carboxylic acids is 1. The first-order valence-corrected chi connectivity index (χ1v) is 7.96. The van der Waals surface area contributed by atoms with Gasteiger partial charge in [-0.1, -0.05) is 13.8 Å². The summed E-state index contributed by atoms with van der Waals surface area (Å²) in [5, 5.41) is 0. The monoisotopic (exact) mass is 254 g/mol. The smallest absolute Gasteiger partial charge is 0.175 e. The number of ketones is 1. The van der Waals surface area contributed by atoms with Gasteiger partial charge in [-0.25, -0.2) is 0 Å². The predicted octanol–water partition coefficient (Wildman–Crippen LogP) is 4.16. The van der Waals surface area contributed by atoms with Crippen molar-refractivity contribution in [3.8, 4) is 0 Å². The van der Waals surface area contributed by atoms with Crippen molar-refractivity contribution < 1.29 is 4.79 Å². The maximum absolute atomic E-state index is 12.2. The number of carbonyl (C=O) groups is 1. The number of thiophene rings is 1. The van der Waals surface area contributed by atoms with Crippen molar-refractivity contribution in [2.24, 2.45) is 5.92 Å². The lowest BCUT2D eigenvalue weighted by atomic mass is 9.97. The highest BCUT2D eigenvalue weighted by molar-refractivity contribution is 7.98. The van der Waals surface area contributed by atoms with Crippen LogP contribution in [0.3, 0.4) is 0 Å². The van der Waals surface area contributed by atoms with Gasteiger partial charge in [0.1, 0.15) is 0 Å². The van der Waals surface area contributed by atoms with Gasteiger partial charge in [0.15, 0.2) is 5.78 Å². The highest BCUT2D eigenvalue weighted by Crippen LogP contribution is 2.33. The molecule has 0 unspecified atom stereocenters. The minimum absolute atomic E-state index is 0.229. The molecule has 0 radical (unpaired) electrons. The number of hydrogen-bond donors (Lipinski definition) is 0. The van der Waals surface area contributed by atoms with E-state index < -0.39 is 0 Å². The Kier molecular flexibility index (Phi) is 4.09. The van der Waals surface area contributed by atoms with E-state index in [0.717, 1.165) is 29.9 Å². The van der Waals surface area contributed by atoms with Crippen molar-refractivity contribution in [3.05, 3.63) is 21.4 Å². The third-order valence-corrected chi connectivity index (χ3v) is 5.49. The standard InChI is InChI=1S/C13H18OS2/c1-3-9(4-2)13(14)12-7-10-8-15-6-5-11(10)16-12/h7,9H,3-6,8H2,1-2H3. The van der Waals surface area contributed by atoms with E-state index in [2.05, 4.69) is 19.9 Å². The van der Waals surface area contributed by atoms with Gasteiger partial charge in [0.25, 0.3) is 0 Å². The summed E-state index contributed by atoms with van der Waals surface area (Å²) in [7, 11) is 0. The van der Waals surface area contributed by atoms with Gasteiger partial charge in [0.05, 0.1) is 4.88 Å². The molecular formula is C13H18OS2. The van der Waals surface area contributed by atoms with Crippen LogP contribution in [0, 0.1) is 5.92 Å². The van der Waals surface area contributed by atoms with Crippen LogP contribution in [0.2, 0.25) is 0 Å². The molecule has 0 spiro atoms. The molecule has 1 aromatic rings. The zero-order valence-electron chi connectivity index (χ0n) is 9.91. The molecular weight excluding hydrogens is 236 g/mol.